The molecule has 1 saturated heterocycles. The zero-order valence-corrected chi connectivity index (χ0v) is 11.3. The van der Waals surface area contributed by atoms with E-state index in [1.807, 2.05) is 20.8 Å². The lowest BCUT2D eigenvalue weighted by Gasteiger charge is -2.28. The summed E-state index contributed by atoms with van der Waals surface area (Å²) in [6.07, 6.45) is 2.12. The van der Waals surface area contributed by atoms with Crippen LogP contribution in [-0.4, -0.2) is 33.3 Å². The predicted molar refractivity (Wildman–Crippen MR) is 66.8 cm³/mol. The average Bonchev–Trinajstić information content (AvgIpc) is 2.16. The molecule has 1 rings (SSSR count). The second kappa shape index (κ2) is 5.98. The quantitative estimate of drug-likeness (QED) is 0.761. The Morgan fingerprint density at radius 2 is 1.81 bits per heavy atom. The summed E-state index contributed by atoms with van der Waals surface area (Å²) >= 11 is 0. The molecule has 96 valence electrons. The molecule has 0 amide bonds. The molecule has 1 heterocycles. The van der Waals surface area contributed by atoms with Crippen LogP contribution in [0.5, 0.6) is 0 Å². The molecular weight excluding hydrogens is 224 g/mol. The molecule has 0 radical (unpaired) electrons. The van der Waals surface area contributed by atoms with Gasteiger partial charge in [0.1, 0.15) is 0 Å². The lowest BCUT2D eigenvalue weighted by atomic mass is 9.92. The fraction of sp³-hybridized carbons (Fsp3) is 1.00. The van der Waals surface area contributed by atoms with Crippen LogP contribution in [0.4, 0.5) is 0 Å². The first-order chi connectivity index (χ1) is 7.41. The fourth-order valence-electron chi connectivity index (χ4n) is 2.21. The molecule has 0 aliphatic carbocycles. The van der Waals surface area contributed by atoms with Gasteiger partial charge in [0, 0.05) is 6.04 Å². The zero-order valence-electron chi connectivity index (χ0n) is 10.5. The van der Waals surface area contributed by atoms with Crippen LogP contribution in [0.25, 0.3) is 0 Å². The Labute approximate surface area is 99.2 Å². The van der Waals surface area contributed by atoms with E-state index in [1.54, 1.807) is 0 Å². The Morgan fingerprint density at radius 3 is 2.31 bits per heavy atom. The Bertz CT molecular complexity index is 295. The van der Waals surface area contributed by atoms with Crippen LogP contribution >= 0.6 is 0 Å². The molecule has 4 nitrogen and oxygen atoms in total. The van der Waals surface area contributed by atoms with Crippen molar-refractivity contribution < 1.29 is 8.42 Å². The second-order valence-corrected chi connectivity index (χ2v) is 6.97. The minimum absolute atomic E-state index is 0.0610. The van der Waals surface area contributed by atoms with E-state index in [1.165, 1.54) is 0 Å². The normalized spacial score (nSPS) is 21.2. The molecule has 0 bridgehead atoms. The van der Waals surface area contributed by atoms with Gasteiger partial charge in [-0.25, -0.2) is 13.1 Å². The molecule has 0 saturated carbocycles. The van der Waals surface area contributed by atoms with Gasteiger partial charge in [-0.2, -0.15) is 0 Å². The Balaban J connectivity index is 2.45. The van der Waals surface area contributed by atoms with Crippen molar-refractivity contribution in [2.45, 2.75) is 39.7 Å². The molecule has 1 aliphatic heterocycles. The second-order valence-electron chi connectivity index (χ2n) is 5.17. The highest BCUT2D eigenvalue weighted by atomic mass is 32.2. The van der Waals surface area contributed by atoms with Crippen LogP contribution in [0.15, 0.2) is 0 Å². The van der Waals surface area contributed by atoms with Crippen LogP contribution < -0.4 is 10.0 Å². The Morgan fingerprint density at radius 1 is 1.25 bits per heavy atom. The van der Waals surface area contributed by atoms with Gasteiger partial charge in [0.25, 0.3) is 0 Å². The standard InChI is InChI=1S/C11H24N2O2S/c1-9(2)8-16(14,15)13-10(3)11-4-6-12-7-5-11/h9-13H,4-8H2,1-3H3. The van der Waals surface area contributed by atoms with Crippen molar-refractivity contribution in [3.63, 3.8) is 0 Å². The third-order valence-corrected chi connectivity index (χ3v) is 4.85. The molecular formula is C11H24N2O2S. The largest absolute Gasteiger partial charge is 0.317 e. The maximum Gasteiger partial charge on any atom is 0.212 e. The highest BCUT2D eigenvalue weighted by Gasteiger charge is 2.24. The van der Waals surface area contributed by atoms with Gasteiger partial charge < -0.3 is 5.32 Å². The summed E-state index contributed by atoms with van der Waals surface area (Å²) in [5.41, 5.74) is 0. The minimum Gasteiger partial charge on any atom is -0.317 e. The smallest absolute Gasteiger partial charge is 0.212 e. The first-order valence-electron chi connectivity index (χ1n) is 6.11. The lowest BCUT2D eigenvalue weighted by molar-refractivity contribution is 0.316. The Kier molecular flexibility index (Phi) is 5.21. The van der Waals surface area contributed by atoms with Crippen LogP contribution in [0.3, 0.4) is 0 Å². The summed E-state index contributed by atoms with van der Waals surface area (Å²) in [6.45, 7) is 7.83. The van der Waals surface area contributed by atoms with Gasteiger partial charge in [-0.3, -0.25) is 0 Å². The van der Waals surface area contributed by atoms with Gasteiger partial charge >= 0.3 is 0 Å². The summed E-state index contributed by atoms with van der Waals surface area (Å²) in [6, 6.07) is 0.0610. The van der Waals surface area contributed by atoms with Crippen LogP contribution in [-0.2, 0) is 10.0 Å². The molecule has 0 aromatic heterocycles. The first-order valence-corrected chi connectivity index (χ1v) is 7.76. The first kappa shape index (κ1) is 13.9. The molecule has 2 N–H and O–H groups in total. The third kappa shape index (κ3) is 4.80. The van der Waals surface area contributed by atoms with Gasteiger partial charge in [-0.1, -0.05) is 13.8 Å². The maximum absolute atomic E-state index is 11.8. The molecule has 0 aromatic rings. The van der Waals surface area contributed by atoms with Crippen molar-refractivity contribution in [2.75, 3.05) is 18.8 Å². The average molecular weight is 248 g/mol. The Hall–Kier alpha value is -0.130. The van der Waals surface area contributed by atoms with Crippen molar-refractivity contribution >= 4 is 10.0 Å². The van der Waals surface area contributed by atoms with Gasteiger partial charge in [0.2, 0.25) is 10.0 Å². The molecule has 1 aliphatic rings. The number of hydrogen-bond acceptors (Lipinski definition) is 3. The third-order valence-electron chi connectivity index (χ3n) is 3.01. The highest BCUT2D eigenvalue weighted by molar-refractivity contribution is 7.89. The fourth-order valence-corrected chi connectivity index (χ4v) is 3.94. The highest BCUT2D eigenvalue weighted by Crippen LogP contribution is 2.16. The minimum atomic E-state index is -3.10. The van der Waals surface area contributed by atoms with E-state index < -0.39 is 10.0 Å². The van der Waals surface area contributed by atoms with Gasteiger partial charge in [0.05, 0.1) is 5.75 Å². The summed E-state index contributed by atoms with van der Waals surface area (Å²) in [4.78, 5) is 0. The van der Waals surface area contributed by atoms with E-state index in [9.17, 15) is 8.42 Å². The van der Waals surface area contributed by atoms with Gasteiger partial charge in [-0.15, -0.1) is 0 Å². The zero-order chi connectivity index (χ0) is 12.2. The number of piperidine rings is 1. The molecule has 0 aromatic carbocycles. The van der Waals surface area contributed by atoms with Crippen molar-refractivity contribution in [3.05, 3.63) is 0 Å². The topological polar surface area (TPSA) is 58.2 Å². The van der Waals surface area contributed by atoms with Gasteiger partial charge in [-0.05, 0) is 44.7 Å². The van der Waals surface area contributed by atoms with Crippen molar-refractivity contribution in [1.82, 2.24) is 10.0 Å². The van der Waals surface area contributed by atoms with Crippen molar-refractivity contribution in [3.8, 4) is 0 Å². The predicted octanol–water partition coefficient (Wildman–Crippen LogP) is 0.950. The van der Waals surface area contributed by atoms with E-state index in [0.29, 0.717) is 5.92 Å². The van der Waals surface area contributed by atoms with E-state index in [-0.39, 0.29) is 17.7 Å². The number of hydrogen-bond donors (Lipinski definition) is 2. The number of nitrogens with one attached hydrogen (secondary N) is 2. The number of sulfonamides is 1. The monoisotopic (exact) mass is 248 g/mol. The van der Waals surface area contributed by atoms with Crippen LogP contribution in [0.1, 0.15) is 33.6 Å². The van der Waals surface area contributed by atoms with E-state index in [4.69, 9.17) is 0 Å². The molecule has 1 unspecified atom stereocenters. The molecule has 1 fully saturated rings. The SMILES string of the molecule is CC(C)CS(=O)(=O)NC(C)C1CCNCC1. The van der Waals surface area contributed by atoms with E-state index in [0.717, 1.165) is 25.9 Å². The molecule has 1 atom stereocenters. The molecule has 5 heteroatoms. The lowest BCUT2D eigenvalue weighted by Crippen LogP contribution is -2.43. The summed E-state index contributed by atoms with van der Waals surface area (Å²) < 4.78 is 26.3. The summed E-state index contributed by atoms with van der Waals surface area (Å²) in [5.74, 6) is 0.878. The van der Waals surface area contributed by atoms with Crippen LogP contribution in [0.2, 0.25) is 0 Å². The maximum atomic E-state index is 11.8. The van der Waals surface area contributed by atoms with Crippen molar-refractivity contribution in [1.29, 1.82) is 0 Å². The van der Waals surface area contributed by atoms with Gasteiger partial charge in [0.15, 0.2) is 0 Å². The van der Waals surface area contributed by atoms with E-state index in [2.05, 4.69) is 10.0 Å². The molecule has 16 heavy (non-hydrogen) atoms. The summed E-state index contributed by atoms with van der Waals surface area (Å²) in [5, 5.41) is 3.29. The molecule has 0 spiro atoms. The van der Waals surface area contributed by atoms with Crippen LogP contribution in [0, 0.1) is 11.8 Å². The number of rotatable bonds is 5. The van der Waals surface area contributed by atoms with E-state index >= 15 is 0 Å². The van der Waals surface area contributed by atoms with Crippen molar-refractivity contribution in [2.24, 2.45) is 11.8 Å². The summed E-state index contributed by atoms with van der Waals surface area (Å²) in [7, 11) is -3.10.